The van der Waals surface area contributed by atoms with Gasteiger partial charge in [-0.05, 0) is 32.0 Å². The van der Waals surface area contributed by atoms with E-state index in [4.69, 9.17) is 19.0 Å². The molecular formula is C20H18O6. The van der Waals surface area contributed by atoms with Gasteiger partial charge in [-0.25, -0.2) is 9.59 Å². The summed E-state index contributed by atoms with van der Waals surface area (Å²) < 4.78 is 16.5. The molecule has 26 heavy (non-hydrogen) atoms. The van der Waals surface area contributed by atoms with Gasteiger partial charge in [-0.1, -0.05) is 30.3 Å². The molecule has 134 valence electrons. The van der Waals surface area contributed by atoms with Crippen molar-refractivity contribution in [2.45, 2.75) is 20.0 Å². The number of carbonyl (C=O) groups excluding carboxylic acids is 1. The molecule has 0 amide bonds. The molecule has 0 fully saturated rings. The van der Waals surface area contributed by atoms with Gasteiger partial charge in [0.1, 0.15) is 22.7 Å². The summed E-state index contributed by atoms with van der Waals surface area (Å²) >= 11 is 0. The number of carboxylic acid groups (broad SMARTS) is 1. The molecule has 1 N–H and O–H groups in total. The van der Waals surface area contributed by atoms with E-state index in [0.717, 1.165) is 5.56 Å². The molecule has 1 atom stereocenters. The van der Waals surface area contributed by atoms with Crippen LogP contribution in [0.4, 0.5) is 0 Å². The second-order valence-electron chi connectivity index (χ2n) is 5.65. The molecule has 0 spiro atoms. The van der Waals surface area contributed by atoms with Crippen LogP contribution < -0.4 is 4.74 Å². The van der Waals surface area contributed by atoms with Gasteiger partial charge in [-0.2, -0.15) is 0 Å². The number of furan rings is 1. The highest BCUT2D eigenvalue weighted by Crippen LogP contribution is 2.36. The highest BCUT2D eigenvalue weighted by molar-refractivity contribution is 6.09. The Bertz CT molecular complexity index is 942. The quantitative estimate of drug-likeness (QED) is 0.670. The molecule has 6 heteroatoms. The van der Waals surface area contributed by atoms with E-state index in [1.165, 1.54) is 6.92 Å². The lowest BCUT2D eigenvalue weighted by Crippen LogP contribution is -2.22. The first-order chi connectivity index (χ1) is 12.5. The maximum Gasteiger partial charge on any atom is 0.344 e. The van der Waals surface area contributed by atoms with Crippen molar-refractivity contribution in [3.05, 3.63) is 54.1 Å². The molecule has 0 aliphatic rings. The van der Waals surface area contributed by atoms with Crippen molar-refractivity contribution in [1.82, 2.24) is 0 Å². The molecule has 3 rings (SSSR count). The fourth-order valence-electron chi connectivity index (χ4n) is 2.60. The maximum atomic E-state index is 12.5. The van der Waals surface area contributed by atoms with Crippen LogP contribution in [0.25, 0.3) is 22.3 Å². The normalized spacial score (nSPS) is 11.9. The number of carbonyl (C=O) groups is 2. The largest absolute Gasteiger partial charge is 0.479 e. The third-order valence-corrected chi connectivity index (χ3v) is 3.84. The number of esters is 1. The Morgan fingerprint density at radius 3 is 2.54 bits per heavy atom. The van der Waals surface area contributed by atoms with Crippen molar-refractivity contribution in [2.24, 2.45) is 0 Å². The van der Waals surface area contributed by atoms with Crippen molar-refractivity contribution in [2.75, 3.05) is 6.61 Å². The van der Waals surface area contributed by atoms with Gasteiger partial charge in [0, 0.05) is 10.9 Å². The molecule has 0 aliphatic heterocycles. The summed E-state index contributed by atoms with van der Waals surface area (Å²) in [6.45, 7) is 3.39. The second kappa shape index (κ2) is 7.31. The third-order valence-electron chi connectivity index (χ3n) is 3.84. The van der Waals surface area contributed by atoms with Crippen molar-refractivity contribution in [3.63, 3.8) is 0 Å². The average Bonchev–Trinajstić information content (AvgIpc) is 3.01. The van der Waals surface area contributed by atoms with Crippen molar-refractivity contribution < 1.29 is 28.6 Å². The summed E-state index contributed by atoms with van der Waals surface area (Å²) in [7, 11) is 0. The van der Waals surface area contributed by atoms with Crippen LogP contribution in [0.5, 0.6) is 5.75 Å². The van der Waals surface area contributed by atoms with Crippen LogP contribution in [0.2, 0.25) is 0 Å². The predicted molar refractivity (Wildman–Crippen MR) is 95.3 cm³/mol. The number of hydrogen-bond donors (Lipinski definition) is 1. The topological polar surface area (TPSA) is 86.0 Å². The second-order valence-corrected chi connectivity index (χ2v) is 5.65. The number of fused-ring (bicyclic) bond motifs is 1. The molecule has 6 nitrogen and oxygen atoms in total. The Kier molecular flexibility index (Phi) is 4.93. The molecule has 3 aromatic rings. The Morgan fingerprint density at radius 1 is 1.15 bits per heavy atom. The smallest absolute Gasteiger partial charge is 0.344 e. The number of rotatable bonds is 6. The number of benzene rings is 2. The fourth-order valence-corrected chi connectivity index (χ4v) is 2.60. The maximum absolute atomic E-state index is 12.5. The monoisotopic (exact) mass is 354 g/mol. The predicted octanol–water partition coefficient (Wildman–Crippen LogP) is 4.13. The molecule has 1 aromatic heterocycles. The van der Waals surface area contributed by atoms with Crippen LogP contribution in [-0.4, -0.2) is 29.8 Å². The SMILES string of the molecule is CCOC(=O)c1c(-c2ccccc2)oc2ccc(O[C@H](C)C(=O)O)cc12. The van der Waals surface area contributed by atoms with Gasteiger partial charge in [0.2, 0.25) is 0 Å². The van der Waals surface area contributed by atoms with E-state index < -0.39 is 18.0 Å². The first-order valence-corrected chi connectivity index (χ1v) is 8.19. The number of hydrogen-bond acceptors (Lipinski definition) is 5. The van der Waals surface area contributed by atoms with E-state index in [1.54, 1.807) is 25.1 Å². The summed E-state index contributed by atoms with van der Waals surface area (Å²) in [6, 6.07) is 14.1. The Labute approximate surface area is 149 Å². The molecular weight excluding hydrogens is 336 g/mol. The van der Waals surface area contributed by atoms with E-state index in [-0.39, 0.29) is 6.61 Å². The standard InChI is InChI=1S/C20H18O6/c1-3-24-20(23)17-15-11-14(25-12(2)19(21)22)9-10-16(15)26-18(17)13-7-5-4-6-8-13/h4-12H,3H2,1-2H3,(H,21,22)/t12-/m1/s1. The highest BCUT2D eigenvalue weighted by atomic mass is 16.5. The summed E-state index contributed by atoms with van der Waals surface area (Å²) in [6.07, 6.45) is -1.01. The highest BCUT2D eigenvalue weighted by Gasteiger charge is 2.24. The van der Waals surface area contributed by atoms with E-state index in [2.05, 4.69) is 0 Å². The van der Waals surface area contributed by atoms with Crippen molar-refractivity contribution >= 4 is 22.9 Å². The molecule has 2 aromatic carbocycles. The van der Waals surface area contributed by atoms with Crippen LogP contribution in [-0.2, 0) is 9.53 Å². The molecule has 0 bridgehead atoms. The van der Waals surface area contributed by atoms with Gasteiger partial charge in [-0.3, -0.25) is 0 Å². The van der Waals surface area contributed by atoms with E-state index in [9.17, 15) is 9.59 Å². The minimum atomic E-state index is -1.08. The van der Waals surface area contributed by atoms with Crippen LogP contribution in [0, 0.1) is 0 Å². The zero-order valence-corrected chi connectivity index (χ0v) is 14.4. The van der Waals surface area contributed by atoms with Crippen molar-refractivity contribution in [3.8, 4) is 17.1 Å². The van der Waals surface area contributed by atoms with Gasteiger partial charge in [0.25, 0.3) is 0 Å². The summed E-state index contributed by atoms with van der Waals surface area (Å²) in [4.78, 5) is 23.5. The average molecular weight is 354 g/mol. The first kappa shape index (κ1) is 17.5. The molecule has 1 heterocycles. The molecule has 0 radical (unpaired) electrons. The molecule has 0 aliphatic carbocycles. The Morgan fingerprint density at radius 2 is 1.88 bits per heavy atom. The van der Waals surface area contributed by atoms with E-state index in [0.29, 0.717) is 28.0 Å². The summed E-state index contributed by atoms with van der Waals surface area (Å²) in [5.74, 6) is -0.845. The third kappa shape index (κ3) is 3.39. The first-order valence-electron chi connectivity index (χ1n) is 8.19. The van der Waals surface area contributed by atoms with Crippen molar-refractivity contribution in [1.29, 1.82) is 0 Å². The number of carboxylic acids is 1. The van der Waals surface area contributed by atoms with Gasteiger partial charge in [0.05, 0.1) is 6.61 Å². The zero-order valence-electron chi connectivity index (χ0n) is 14.4. The van der Waals surface area contributed by atoms with Crippen LogP contribution in [0.1, 0.15) is 24.2 Å². The Balaban J connectivity index is 2.14. The minimum Gasteiger partial charge on any atom is -0.479 e. The van der Waals surface area contributed by atoms with E-state index in [1.807, 2.05) is 30.3 Å². The van der Waals surface area contributed by atoms with Gasteiger partial charge < -0.3 is 19.0 Å². The molecule has 0 saturated heterocycles. The lowest BCUT2D eigenvalue weighted by atomic mass is 10.1. The number of ether oxygens (including phenoxy) is 2. The van der Waals surface area contributed by atoms with Gasteiger partial charge >= 0.3 is 11.9 Å². The van der Waals surface area contributed by atoms with Gasteiger partial charge in [-0.15, -0.1) is 0 Å². The number of aliphatic carboxylic acids is 1. The summed E-state index contributed by atoms with van der Waals surface area (Å²) in [5.41, 5.74) is 1.52. The molecule has 0 saturated carbocycles. The lowest BCUT2D eigenvalue weighted by molar-refractivity contribution is -0.144. The van der Waals surface area contributed by atoms with E-state index >= 15 is 0 Å². The van der Waals surface area contributed by atoms with Gasteiger partial charge in [0.15, 0.2) is 6.10 Å². The van der Waals surface area contributed by atoms with Crippen LogP contribution >= 0.6 is 0 Å². The lowest BCUT2D eigenvalue weighted by Gasteiger charge is -2.10. The fraction of sp³-hybridized carbons (Fsp3) is 0.200. The zero-order chi connectivity index (χ0) is 18.7. The van der Waals surface area contributed by atoms with Crippen LogP contribution in [0.15, 0.2) is 52.9 Å². The molecule has 0 unspecified atom stereocenters. The summed E-state index contributed by atoms with van der Waals surface area (Å²) in [5, 5.41) is 9.52. The van der Waals surface area contributed by atoms with Crippen LogP contribution in [0.3, 0.4) is 0 Å². The Hall–Kier alpha value is -3.28. The minimum absolute atomic E-state index is 0.228.